The number of halogens is 1. The summed E-state index contributed by atoms with van der Waals surface area (Å²) in [4.78, 5) is 12.5. The van der Waals surface area contributed by atoms with Gasteiger partial charge in [-0.2, -0.15) is 0 Å². The molecule has 8 heteroatoms. The van der Waals surface area contributed by atoms with E-state index in [-0.39, 0.29) is 21.4 Å². The highest BCUT2D eigenvalue weighted by molar-refractivity contribution is 7.92. The van der Waals surface area contributed by atoms with Crippen LogP contribution in [0.4, 0.5) is 5.69 Å². The van der Waals surface area contributed by atoms with Crippen LogP contribution in [0.5, 0.6) is 5.75 Å². The fraction of sp³-hybridized carbons (Fsp3) is 0.350. The van der Waals surface area contributed by atoms with Gasteiger partial charge in [-0.25, -0.2) is 8.42 Å². The smallest absolute Gasteiger partial charge is 0.264 e. The number of sulfonamides is 1. The highest BCUT2D eigenvalue weighted by Gasteiger charge is 2.23. The molecule has 0 spiro atoms. The first-order valence-electron chi connectivity index (χ1n) is 9.02. The molecule has 0 unspecified atom stereocenters. The van der Waals surface area contributed by atoms with Crippen molar-refractivity contribution in [3.63, 3.8) is 0 Å². The molecule has 2 aromatic rings. The number of rotatable bonds is 9. The van der Waals surface area contributed by atoms with E-state index in [2.05, 4.69) is 12.2 Å². The highest BCUT2D eigenvalue weighted by Crippen LogP contribution is 2.27. The van der Waals surface area contributed by atoms with Crippen LogP contribution in [-0.2, 0) is 10.0 Å². The molecule has 0 fully saturated rings. The van der Waals surface area contributed by atoms with Crippen molar-refractivity contribution in [1.82, 2.24) is 5.32 Å². The first-order chi connectivity index (χ1) is 13.3. The first kappa shape index (κ1) is 22.0. The maximum Gasteiger partial charge on any atom is 0.264 e. The number of methoxy groups -OCH3 is 1. The van der Waals surface area contributed by atoms with E-state index in [0.29, 0.717) is 18.0 Å². The average molecular weight is 425 g/mol. The Balaban J connectivity index is 2.25. The molecular formula is C20H25ClN2O4S. The lowest BCUT2D eigenvalue weighted by molar-refractivity contribution is 0.0953. The largest absolute Gasteiger partial charge is 0.497 e. The Hall–Kier alpha value is -2.25. The number of benzene rings is 2. The monoisotopic (exact) mass is 424 g/mol. The minimum Gasteiger partial charge on any atom is -0.497 e. The van der Waals surface area contributed by atoms with Crippen LogP contribution in [0.2, 0.25) is 5.02 Å². The summed E-state index contributed by atoms with van der Waals surface area (Å²) in [5.41, 5.74) is 0.589. The van der Waals surface area contributed by atoms with Gasteiger partial charge >= 0.3 is 0 Å². The zero-order valence-electron chi connectivity index (χ0n) is 16.2. The molecule has 28 heavy (non-hydrogen) atoms. The third-order valence-corrected chi connectivity index (χ3v) is 6.47. The second kappa shape index (κ2) is 9.80. The number of ether oxygens (including phenoxy) is 1. The predicted octanol–water partition coefficient (Wildman–Crippen LogP) is 4.09. The quantitative estimate of drug-likeness (QED) is 0.615. The fourth-order valence-corrected chi connectivity index (χ4v) is 3.99. The van der Waals surface area contributed by atoms with Gasteiger partial charge in [-0.05, 0) is 48.9 Å². The summed E-state index contributed by atoms with van der Waals surface area (Å²) in [5, 5.41) is 3.09. The van der Waals surface area contributed by atoms with Crippen LogP contribution in [0.25, 0.3) is 0 Å². The van der Waals surface area contributed by atoms with Crippen LogP contribution in [-0.4, -0.2) is 35.0 Å². The molecule has 0 bridgehead atoms. The summed E-state index contributed by atoms with van der Waals surface area (Å²) in [6.07, 6.45) is 2.96. The molecule has 152 valence electrons. The highest BCUT2D eigenvalue weighted by atomic mass is 35.5. The van der Waals surface area contributed by atoms with E-state index < -0.39 is 10.0 Å². The van der Waals surface area contributed by atoms with Gasteiger partial charge < -0.3 is 10.1 Å². The predicted molar refractivity (Wildman–Crippen MR) is 112 cm³/mol. The van der Waals surface area contributed by atoms with Crippen molar-refractivity contribution in [2.45, 2.75) is 31.1 Å². The second-order valence-electron chi connectivity index (χ2n) is 6.28. The lowest BCUT2D eigenvalue weighted by atomic mass is 10.1. The number of anilines is 1. The molecule has 2 aromatic carbocycles. The van der Waals surface area contributed by atoms with Gasteiger partial charge in [-0.3, -0.25) is 9.10 Å². The van der Waals surface area contributed by atoms with Crippen LogP contribution in [0.15, 0.2) is 47.4 Å². The number of amides is 1. The molecule has 0 heterocycles. The van der Waals surface area contributed by atoms with Gasteiger partial charge in [0.05, 0.1) is 28.3 Å². The maximum atomic E-state index is 12.9. The van der Waals surface area contributed by atoms with E-state index >= 15 is 0 Å². The number of carbonyl (C=O) groups is 1. The van der Waals surface area contributed by atoms with E-state index in [1.165, 1.54) is 38.4 Å². The molecule has 6 nitrogen and oxygen atoms in total. The SMILES string of the molecule is CCCCCNC(=O)c1cc(N(C)S(=O)(=O)c2ccc(OC)cc2)ccc1Cl. The van der Waals surface area contributed by atoms with Crippen molar-refractivity contribution >= 4 is 33.2 Å². The van der Waals surface area contributed by atoms with Crippen LogP contribution in [0, 0.1) is 0 Å². The Morgan fingerprint density at radius 2 is 1.82 bits per heavy atom. The van der Waals surface area contributed by atoms with Gasteiger partial charge in [0.2, 0.25) is 0 Å². The topological polar surface area (TPSA) is 75.7 Å². The Morgan fingerprint density at radius 3 is 2.43 bits per heavy atom. The van der Waals surface area contributed by atoms with E-state index in [4.69, 9.17) is 16.3 Å². The van der Waals surface area contributed by atoms with Gasteiger partial charge in [0.15, 0.2) is 0 Å². The first-order valence-corrected chi connectivity index (χ1v) is 10.8. The van der Waals surface area contributed by atoms with E-state index in [0.717, 1.165) is 23.6 Å². The summed E-state index contributed by atoms with van der Waals surface area (Å²) in [6.45, 7) is 2.63. The maximum absolute atomic E-state index is 12.9. The Bertz CT molecular complexity index is 914. The van der Waals surface area contributed by atoms with Gasteiger partial charge in [0.1, 0.15) is 5.75 Å². The fourth-order valence-electron chi connectivity index (χ4n) is 2.60. The molecule has 0 saturated carbocycles. The third kappa shape index (κ3) is 5.17. The van der Waals surface area contributed by atoms with Crippen molar-refractivity contribution in [1.29, 1.82) is 0 Å². The molecule has 0 aliphatic heterocycles. The molecule has 0 atom stereocenters. The Morgan fingerprint density at radius 1 is 1.14 bits per heavy atom. The summed E-state index contributed by atoms with van der Waals surface area (Å²) >= 11 is 6.16. The third-order valence-electron chi connectivity index (χ3n) is 4.34. The molecule has 2 rings (SSSR count). The number of unbranched alkanes of at least 4 members (excludes halogenated alkanes) is 2. The average Bonchev–Trinajstić information content (AvgIpc) is 2.70. The molecule has 0 saturated heterocycles. The molecule has 1 N–H and O–H groups in total. The molecule has 0 aliphatic carbocycles. The van der Waals surface area contributed by atoms with Gasteiger partial charge in [0.25, 0.3) is 15.9 Å². The van der Waals surface area contributed by atoms with Gasteiger partial charge in [-0.1, -0.05) is 31.4 Å². The van der Waals surface area contributed by atoms with Crippen molar-refractivity contribution in [2.75, 3.05) is 25.0 Å². The summed E-state index contributed by atoms with van der Waals surface area (Å²) in [7, 11) is -0.845. The normalized spacial score (nSPS) is 11.1. The van der Waals surface area contributed by atoms with E-state index in [9.17, 15) is 13.2 Å². The zero-order valence-corrected chi connectivity index (χ0v) is 17.8. The van der Waals surface area contributed by atoms with E-state index in [1.54, 1.807) is 18.2 Å². The molecule has 1 amide bonds. The van der Waals surface area contributed by atoms with Gasteiger partial charge in [0, 0.05) is 13.6 Å². The summed E-state index contributed by atoms with van der Waals surface area (Å²) < 4.78 is 32.0. The second-order valence-corrected chi connectivity index (χ2v) is 8.65. The van der Waals surface area contributed by atoms with Crippen molar-refractivity contribution in [3.8, 4) is 5.75 Å². The van der Waals surface area contributed by atoms with Crippen molar-refractivity contribution < 1.29 is 17.9 Å². The summed E-state index contributed by atoms with van der Waals surface area (Å²) in [6, 6.07) is 10.7. The molecular weight excluding hydrogens is 400 g/mol. The lowest BCUT2D eigenvalue weighted by Gasteiger charge is -2.20. The molecule has 0 aromatic heterocycles. The number of hydrogen-bond donors (Lipinski definition) is 1. The zero-order chi connectivity index (χ0) is 20.7. The van der Waals surface area contributed by atoms with Crippen molar-refractivity contribution in [3.05, 3.63) is 53.1 Å². The standard InChI is InChI=1S/C20H25ClN2O4S/c1-4-5-6-13-22-20(24)18-14-15(7-12-19(18)21)23(2)28(25,26)17-10-8-16(27-3)9-11-17/h7-12,14H,4-6,13H2,1-3H3,(H,22,24). The number of carbonyl (C=O) groups excluding carboxylic acids is 1. The Labute approximate surface area is 171 Å². The van der Waals surface area contributed by atoms with Crippen LogP contribution >= 0.6 is 11.6 Å². The number of hydrogen-bond acceptors (Lipinski definition) is 4. The minimum absolute atomic E-state index is 0.122. The van der Waals surface area contributed by atoms with Crippen LogP contribution < -0.4 is 14.4 Å². The minimum atomic E-state index is -3.79. The molecule has 0 aliphatic rings. The molecule has 0 radical (unpaired) electrons. The van der Waals surface area contributed by atoms with Crippen molar-refractivity contribution in [2.24, 2.45) is 0 Å². The van der Waals surface area contributed by atoms with Gasteiger partial charge in [-0.15, -0.1) is 0 Å². The van der Waals surface area contributed by atoms with E-state index in [1.807, 2.05) is 0 Å². The lowest BCUT2D eigenvalue weighted by Crippen LogP contribution is -2.28. The summed E-state index contributed by atoms with van der Waals surface area (Å²) in [5.74, 6) is 0.244. The Kier molecular flexibility index (Phi) is 7.71. The van der Waals surface area contributed by atoms with Crippen LogP contribution in [0.1, 0.15) is 36.5 Å². The van der Waals surface area contributed by atoms with Crippen LogP contribution in [0.3, 0.4) is 0 Å². The number of nitrogens with one attached hydrogen (secondary N) is 1. The number of nitrogens with zero attached hydrogens (tertiary/aromatic N) is 1.